The highest BCUT2D eigenvalue weighted by Gasteiger charge is 2.16. The lowest BCUT2D eigenvalue weighted by Crippen LogP contribution is -2.30. The van der Waals surface area contributed by atoms with E-state index < -0.39 is 0 Å². The van der Waals surface area contributed by atoms with Gasteiger partial charge in [-0.15, -0.1) is 23.1 Å². The topological polar surface area (TPSA) is 74.8 Å². The lowest BCUT2D eigenvalue weighted by Gasteiger charge is -2.12. The van der Waals surface area contributed by atoms with Crippen molar-refractivity contribution in [2.45, 2.75) is 38.3 Å². The van der Waals surface area contributed by atoms with Gasteiger partial charge in [-0.1, -0.05) is 12.1 Å². The van der Waals surface area contributed by atoms with E-state index >= 15 is 0 Å². The van der Waals surface area contributed by atoms with E-state index in [9.17, 15) is 14.0 Å². The van der Waals surface area contributed by atoms with Gasteiger partial charge >= 0.3 is 0 Å². The first-order chi connectivity index (χ1) is 12.8. The Hall–Kier alpha value is -2.19. The standard InChI is InChI=1S/C19H20FN3O2S2/c1-10-11(2)27-19-16(10)18(25)22-15(23-19)9-26-12(3)17(24)21-8-13-5-4-6-14(20)7-13/h4-7,12H,8-9H2,1-3H3,(H,21,24)(H,22,23,25). The van der Waals surface area contributed by atoms with Gasteiger partial charge in [0.2, 0.25) is 5.91 Å². The minimum absolute atomic E-state index is 0.138. The first kappa shape index (κ1) is 19.6. The molecule has 0 saturated carbocycles. The van der Waals surface area contributed by atoms with Crippen molar-refractivity contribution in [3.63, 3.8) is 0 Å². The lowest BCUT2D eigenvalue weighted by molar-refractivity contribution is -0.120. The van der Waals surface area contributed by atoms with Crippen molar-refractivity contribution in [3.05, 3.63) is 62.3 Å². The summed E-state index contributed by atoms with van der Waals surface area (Å²) in [4.78, 5) is 33.7. The summed E-state index contributed by atoms with van der Waals surface area (Å²) in [5, 5.41) is 3.12. The number of aryl methyl sites for hydroxylation is 2. The number of fused-ring (bicyclic) bond motifs is 1. The molecule has 1 unspecified atom stereocenters. The molecule has 2 heterocycles. The van der Waals surface area contributed by atoms with Gasteiger partial charge in [0.15, 0.2) is 0 Å². The Morgan fingerprint density at radius 3 is 2.93 bits per heavy atom. The summed E-state index contributed by atoms with van der Waals surface area (Å²) in [6, 6.07) is 6.13. The van der Waals surface area contributed by atoms with Crippen LogP contribution in [-0.4, -0.2) is 21.1 Å². The Labute approximate surface area is 164 Å². The molecule has 3 rings (SSSR count). The number of rotatable bonds is 6. The maximum absolute atomic E-state index is 13.2. The molecule has 0 aliphatic carbocycles. The van der Waals surface area contributed by atoms with Gasteiger partial charge in [0.1, 0.15) is 16.5 Å². The van der Waals surface area contributed by atoms with Crippen LogP contribution in [0, 0.1) is 19.7 Å². The van der Waals surface area contributed by atoms with Crippen LogP contribution in [0.4, 0.5) is 4.39 Å². The number of benzene rings is 1. The van der Waals surface area contributed by atoms with Crippen molar-refractivity contribution in [1.82, 2.24) is 15.3 Å². The normalized spacial score (nSPS) is 12.3. The number of nitrogens with zero attached hydrogens (tertiary/aromatic N) is 1. The van der Waals surface area contributed by atoms with Crippen LogP contribution in [0.2, 0.25) is 0 Å². The van der Waals surface area contributed by atoms with E-state index in [0.717, 1.165) is 15.3 Å². The van der Waals surface area contributed by atoms with E-state index in [1.54, 1.807) is 19.1 Å². The number of aromatic amines is 1. The second kappa shape index (κ2) is 8.22. The second-order valence-electron chi connectivity index (χ2n) is 6.28. The number of thiophene rings is 1. The number of hydrogen-bond acceptors (Lipinski definition) is 5. The molecular formula is C19H20FN3O2S2. The zero-order valence-corrected chi connectivity index (χ0v) is 16.9. The van der Waals surface area contributed by atoms with E-state index in [1.807, 2.05) is 13.8 Å². The van der Waals surface area contributed by atoms with Crippen LogP contribution < -0.4 is 10.9 Å². The molecule has 0 aliphatic rings. The van der Waals surface area contributed by atoms with Gasteiger partial charge in [-0.25, -0.2) is 9.37 Å². The molecule has 27 heavy (non-hydrogen) atoms. The van der Waals surface area contributed by atoms with Gasteiger partial charge in [-0.05, 0) is 44.0 Å². The average molecular weight is 406 g/mol. The maximum Gasteiger partial charge on any atom is 0.259 e. The van der Waals surface area contributed by atoms with Gasteiger partial charge in [-0.3, -0.25) is 9.59 Å². The van der Waals surface area contributed by atoms with Gasteiger partial charge in [0.05, 0.1) is 16.4 Å². The fourth-order valence-corrected chi connectivity index (χ4v) is 4.46. The predicted octanol–water partition coefficient (Wildman–Crippen LogP) is 3.68. The van der Waals surface area contributed by atoms with Crippen LogP contribution >= 0.6 is 23.1 Å². The molecule has 8 heteroatoms. The average Bonchev–Trinajstić information content (AvgIpc) is 2.92. The molecular weight excluding hydrogens is 385 g/mol. The third-order valence-corrected chi connectivity index (χ3v) is 6.54. The summed E-state index contributed by atoms with van der Waals surface area (Å²) in [7, 11) is 0. The van der Waals surface area contributed by atoms with Crippen molar-refractivity contribution in [2.24, 2.45) is 0 Å². The number of carbonyl (C=O) groups is 1. The number of thioether (sulfide) groups is 1. The van der Waals surface area contributed by atoms with Crippen LogP contribution in [0.5, 0.6) is 0 Å². The number of halogens is 1. The van der Waals surface area contributed by atoms with Gasteiger partial charge < -0.3 is 10.3 Å². The molecule has 2 aromatic heterocycles. The van der Waals surface area contributed by atoms with Gasteiger partial charge in [0.25, 0.3) is 5.56 Å². The Bertz CT molecular complexity index is 1050. The largest absolute Gasteiger partial charge is 0.351 e. The highest BCUT2D eigenvalue weighted by Crippen LogP contribution is 2.26. The molecule has 1 atom stereocenters. The molecule has 5 nitrogen and oxygen atoms in total. The molecule has 0 fully saturated rings. The van der Waals surface area contributed by atoms with Crippen LogP contribution in [0.25, 0.3) is 10.2 Å². The Balaban J connectivity index is 1.60. The fraction of sp³-hybridized carbons (Fsp3) is 0.316. The fourth-order valence-electron chi connectivity index (χ4n) is 2.63. The van der Waals surface area contributed by atoms with Crippen molar-refractivity contribution in [1.29, 1.82) is 0 Å². The highest BCUT2D eigenvalue weighted by atomic mass is 32.2. The zero-order chi connectivity index (χ0) is 19.6. The van der Waals surface area contributed by atoms with Crippen LogP contribution in [0.1, 0.15) is 28.8 Å². The predicted molar refractivity (Wildman–Crippen MR) is 109 cm³/mol. The summed E-state index contributed by atoms with van der Waals surface area (Å²) in [6.07, 6.45) is 0. The highest BCUT2D eigenvalue weighted by molar-refractivity contribution is 7.99. The van der Waals surface area contributed by atoms with Crippen molar-refractivity contribution in [3.8, 4) is 0 Å². The minimum Gasteiger partial charge on any atom is -0.351 e. The van der Waals surface area contributed by atoms with Crippen molar-refractivity contribution in [2.75, 3.05) is 0 Å². The van der Waals surface area contributed by atoms with Crippen LogP contribution in [0.3, 0.4) is 0 Å². The third kappa shape index (κ3) is 4.56. The molecule has 0 saturated heterocycles. The SMILES string of the molecule is Cc1sc2nc(CSC(C)C(=O)NCc3cccc(F)c3)[nH]c(=O)c2c1C. The van der Waals surface area contributed by atoms with Gasteiger partial charge in [0, 0.05) is 11.4 Å². The summed E-state index contributed by atoms with van der Waals surface area (Å²) < 4.78 is 13.2. The molecule has 0 bridgehead atoms. The summed E-state index contributed by atoms with van der Waals surface area (Å²) in [5.41, 5.74) is 1.54. The zero-order valence-electron chi connectivity index (χ0n) is 15.3. The summed E-state index contributed by atoms with van der Waals surface area (Å²) in [6.45, 7) is 5.96. The lowest BCUT2D eigenvalue weighted by atomic mass is 10.2. The van der Waals surface area contributed by atoms with E-state index in [1.165, 1.54) is 35.2 Å². The molecule has 0 spiro atoms. The molecule has 2 N–H and O–H groups in total. The first-order valence-electron chi connectivity index (χ1n) is 8.48. The minimum atomic E-state index is -0.327. The summed E-state index contributed by atoms with van der Waals surface area (Å²) >= 11 is 2.89. The monoisotopic (exact) mass is 405 g/mol. The van der Waals surface area contributed by atoms with E-state index in [4.69, 9.17) is 0 Å². The Morgan fingerprint density at radius 2 is 2.19 bits per heavy atom. The molecule has 1 aromatic carbocycles. The van der Waals surface area contributed by atoms with Crippen molar-refractivity contribution < 1.29 is 9.18 Å². The number of amides is 1. The molecule has 0 aliphatic heterocycles. The molecule has 1 amide bonds. The number of hydrogen-bond donors (Lipinski definition) is 2. The molecule has 142 valence electrons. The van der Waals surface area contributed by atoms with Crippen LogP contribution in [0.15, 0.2) is 29.1 Å². The van der Waals surface area contributed by atoms with E-state index in [2.05, 4.69) is 15.3 Å². The smallest absolute Gasteiger partial charge is 0.259 e. The second-order valence-corrected chi connectivity index (χ2v) is 8.81. The maximum atomic E-state index is 13.2. The Kier molecular flexibility index (Phi) is 5.96. The number of nitrogens with one attached hydrogen (secondary N) is 2. The molecule has 3 aromatic rings. The Morgan fingerprint density at radius 1 is 1.41 bits per heavy atom. The molecule has 0 radical (unpaired) electrons. The third-order valence-electron chi connectivity index (χ3n) is 4.28. The quantitative estimate of drug-likeness (QED) is 0.656. The summed E-state index contributed by atoms with van der Waals surface area (Å²) in [5.74, 6) is 0.517. The number of H-pyrrole nitrogens is 1. The number of carbonyl (C=O) groups excluding carboxylic acids is 1. The van der Waals surface area contributed by atoms with Crippen LogP contribution in [-0.2, 0) is 17.1 Å². The number of aromatic nitrogens is 2. The van der Waals surface area contributed by atoms with E-state index in [-0.39, 0.29) is 29.1 Å². The van der Waals surface area contributed by atoms with Gasteiger partial charge in [-0.2, -0.15) is 0 Å². The van der Waals surface area contributed by atoms with E-state index in [0.29, 0.717) is 22.5 Å². The van der Waals surface area contributed by atoms with Crippen molar-refractivity contribution >= 4 is 39.2 Å². The first-order valence-corrected chi connectivity index (χ1v) is 10.3.